The monoisotopic (exact) mass is 294 g/mol. The van der Waals surface area contributed by atoms with Crippen molar-refractivity contribution in [2.24, 2.45) is 5.92 Å². The number of carbonyl (C=O) groups is 1. The van der Waals surface area contributed by atoms with Gasteiger partial charge in [-0.2, -0.15) is 0 Å². The van der Waals surface area contributed by atoms with E-state index < -0.39 is 11.4 Å². The van der Waals surface area contributed by atoms with Gasteiger partial charge in [-0.25, -0.2) is 4.39 Å². The quantitative estimate of drug-likeness (QED) is 0.833. The molecule has 2 rings (SSSR count). The van der Waals surface area contributed by atoms with Crippen molar-refractivity contribution in [2.45, 2.75) is 44.6 Å². The summed E-state index contributed by atoms with van der Waals surface area (Å²) < 4.78 is 24.2. The summed E-state index contributed by atoms with van der Waals surface area (Å²) in [6.07, 6.45) is 3.69. The molecule has 1 aromatic carbocycles. The van der Waals surface area contributed by atoms with Crippen LogP contribution in [0.2, 0.25) is 0 Å². The maximum absolute atomic E-state index is 13.7. The standard InChI is InChI=1S/C17H23FO3/c1-12-6-8-17(21-3,9-7-12)16(19)11-13-4-5-15(20-2)14(18)10-13/h4-5,10,12H,6-9,11H2,1-3H3. The van der Waals surface area contributed by atoms with Gasteiger partial charge < -0.3 is 9.47 Å². The minimum absolute atomic E-state index is 0.0430. The van der Waals surface area contributed by atoms with E-state index in [1.165, 1.54) is 13.2 Å². The molecule has 1 aromatic rings. The van der Waals surface area contributed by atoms with Gasteiger partial charge in [-0.05, 0) is 49.3 Å². The third kappa shape index (κ3) is 3.43. The van der Waals surface area contributed by atoms with Crippen LogP contribution in [0.25, 0.3) is 0 Å². The van der Waals surface area contributed by atoms with E-state index in [-0.39, 0.29) is 18.0 Å². The summed E-state index contributed by atoms with van der Waals surface area (Å²) in [5, 5.41) is 0. The molecule has 1 saturated carbocycles. The van der Waals surface area contributed by atoms with E-state index >= 15 is 0 Å². The Hall–Kier alpha value is -1.42. The van der Waals surface area contributed by atoms with Crippen molar-refractivity contribution in [2.75, 3.05) is 14.2 Å². The van der Waals surface area contributed by atoms with Gasteiger partial charge in [-0.3, -0.25) is 4.79 Å². The fraction of sp³-hybridized carbons (Fsp3) is 0.588. The second-order valence-electron chi connectivity index (χ2n) is 5.95. The minimum Gasteiger partial charge on any atom is -0.494 e. The average Bonchev–Trinajstić information content (AvgIpc) is 2.48. The van der Waals surface area contributed by atoms with E-state index in [9.17, 15) is 9.18 Å². The summed E-state index contributed by atoms with van der Waals surface area (Å²) in [6, 6.07) is 4.65. The molecule has 1 aliphatic rings. The van der Waals surface area contributed by atoms with Crippen LogP contribution in [-0.4, -0.2) is 25.6 Å². The molecular formula is C17H23FO3. The maximum Gasteiger partial charge on any atom is 0.168 e. The molecule has 0 aromatic heterocycles. The van der Waals surface area contributed by atoms with E-state index in [2.05, 4.69) is 6.92 Å². The van der Waals surface area contributed by atoms with Crippen molar-refractivity contribution in [1.82, 2.24) is 0 Å². The number of hydrogen-bond donors (Lipinski definition) is 0. The number of ether oxygens (including phenoxy) is 2. The van der Waals surface area contributed by atoms with Gasteiger partial charge in [0.2, 0.25) is 0 Å². The van der Waals surface area contributed by atoms with Crippen LogP contribution in [0.4, 0.5) is 4.39 Å². The van der Waals surface area contributed by atoms with Gasteiger partial charge in [0, 0.05) is 13.5 Å². The van der Waals surface area contributed by atoms with Crippen molar-refractivity contribution in [3.63, 3.8) is 0 Å². The highest BCUT2D eigenvalue weighted by Gasteiger charge is 2.40. The first kappa shape index (κ1) is 16.0. The van der Waals surface area contributed by atoms with Gasteiger partial charge in [0.15, 0.2) is 17.3 Å². The molecule has 0 radical (unpaired) electrons. The molecule has 0 amide bonds. The molecule has 0 N–H and O–H groups in total. The summed E-state index contributed by atoms with van der Waals surface area (Å²) in [5.74, 6) is 0.437. The molecule has 116 valence electrons. The van der Waals surface area contributed by atoms with Gasteiger partial charge in [0.05, 0.1) is 7.11 Å². The number of rotatable bonds is 5. The van der Waals surface area contributed by atoms with E-state index in [4.69, 9.17) is 9.47 Å². The van der Waals surface area contributed by atoms with Crippen LogP contribution in [-0.2, 0) is 16.0 Å². The van der Waals surface area contributed by atoms with Gasteiger partial charge >= 0.3 is 0 Å². The van der Waals surface area contributed by atoms with Gasteiger partial charge in [-0.1, -0.05) is 13.0 Å². The van der Waals surface area contributed by atoms with E-state index in [0.29, 0.717) is 11.5 Å². The number of halogens is 1. The molecule has 1 fully saturated rings. The second kappa shape index (κ2) is 6.56. The molecule has 0 bridgehead atoms. The third-order valence-electron chi connectivity index (χ3n) is 4.56. The third-order valence-corrected chi connectivity index (χ3v) is 4.56. The fourth-order valence-corrected chi connectivity index (χ4v) is 2.99. The molecule has 0 spiro atoms. The van der Waals surface area contributed by atoms with Crippen molar-refractivity contribution < 1.29 is 18.7 Å². The zero-order valence-corrected chi connectivity index (χ0v) is 12.9. The molecule has 4 heteroatoms. The number of hydrogen-bond acceptors (Lipinski definition) is 3. The van der Waals surface area contributed by atoms with E-state index in [0.717, 1.165) is 25.7 Å². The molecule has 1 aliphatic carbocycles. The van der Waals surface area contributed by atoms with Crippen LogP contribution < -0.4 is 4.74 Å². The SMILES string of the molecule is COc1ccc(CC(=O)C2(OC)CCC(C)CC2)cc1F. The average molecular weight is 294 g/mol. The van der Waals surface area contributed by atoms with Crippen LogP contribution in [0.3, 0.4) is 0 Å². The first-order chi connectivity index (χ1) is 10.0. The Morgan fingerprint density at radius 3 is 2.52 bits per heavy atom. The maximum atomic E-state index is 13.7. The topological polar surface area (TPSA) is 35.5 Å². The largest absolute Gasteiger partial charge is 0.494 e. The summed E-state index contributed by atoms with van der Waals surface area (Å²) in [5.41, 5.74) is -0.0310. The molecule has 3 nitrogen and oxygen atoms in total. The molecule has 0 atom stereocenters. The summed E-state index contributed by atoms with van der Waals surface area (Å²) in [7, 11) is 3.02. The zero-order chi connectivity index (χ0) is 15.5. The molecule has 21 heavy (non-hydrogen) atoms. The van der Waals surface area contributed by atoms with Crippen molar-refractivity contribution in [3.8, 4) is 5.75 Å². The highest BCUT2D eigenvalue weighted by molar-refractivity contribution is 5.89. The molecule has 0 saturated heterocycles. The lowest BCUT2D eigenvalue weighted by atomic mass is 9.76. The fourth-order valence-electron chi connectivity index (χ4n) is 2.99. The normalized spacial score (nSPS) is 25.6. The predicted molar refractivity (Wildman–Crippen MR) is 79.0 cm³/mol. The lowest BCUT2D eigenvalue weighted by Crippen LogP contribution is -2.44. The van der Waals surface area contributed by atoms with Crippen LogP contribution >= 0.6 is 0 Å². The molecule has 0 unspecified atom stereocenters. The Morgan fingerprint density at radius 1 is 1.33 bits per heavy atom. The smallest absolute Gasteiger partial charge is 0.168 e. The Kier molecular flexibility index (Phi) is 4.99. The van der Waals surface area contributed by atoms with Gasteiger partial charge in [0.25, 0.3) is 0 Å². The van der Waals surface area contributed by atoms with E-state index in [1.54, 1.807) is 19.2 Å². The number of benzene rings is 1. The summed E-state index contributed by atoms with van der Waals surface area (Å²) in [6.45, 7) is 2.20. The van der Waals surface area contributed by atoms with E-state index in [1.807, 2.05) is 0 Å². The Bertz CT molecular complexity index is 505. The van der Waals surface area contributed by atoms with Crippen LogP contribution in [0.1, 0.15) is 38.2 Å². The Morgan fingerprint density at radius 2 is 2.00 bits per heavy atom. The van der Waals surface area contributed by atoms with Gasteiger partial charge in [-0.15, -0.1) is 0 Å². The second-order valence-corrected chi connectivity index (χ2v) is 5.95. The summed E-state index contributed by atoms with van der Waals surface area (Å²) in [4.78, 5) is 12.6. The Balaban J connectivity index is 2.11. The highest BCUT2D eigenvalue weighted by atomic mass is 19.1. The minimum atomic E-state index is -0.692. The lowest BCUT2D eigenvalue weighted by molar-refractivity contribution is -0.145. The van der Waals surface area contributed by atoms with Crippen LogP contribution in [0.5, 0.6) is 5.75 Å². The zero-order valence-electron chi connectivity index (χ0n) is 12.9. The number of carbonyl (C=O) groups excluding carboxylic acids is 1. The summed E-state index contributed by atoms with van der Waals surface area (Å²) >= 11 is 0. The molecule has 0 aliphatic heterocycles. The van der Waals surface area contributed by atoms with Crippen LogP contribution in [0.15, 0.2) is 18.2 Å². The number of methoxy groups -OCH3 is 2. The predicted octanol–water partition coefficient (Wildman–Crippen LogP) is 3.54. The first-order valence-corrected chi connectivity index (χ1v) is 7.41. The molecule has 0 heterocycles. The van der Waals surface area contributed by atoms with Crippen molar-refractivity contribution in [1.29, 1.82) is 0 Å². The van der Waals surface area contributed by atoms with Crippen LogP contribution in [0, 0.1) is 11.7 Å². The lowest BCUT2D eigenvalue weighted by Gasteiger charge is -2.37. The Labute approximate surface area is 125 Å². The molecular weight excluding hydrogens is 271 g/mol. The number of Topliss-reactive ketones (excluding diaryl/α,β-unsaturated/α-hetero) is 1. The van der Waals surface area contributed by atoms with Gasteiger partial charge in [0.1, 0.15) is 5.60 Å². The first-order valence-electron chi connectivity index (χ1n) is 7.41. The van der Waals surface area contributed by atoms with Crippen molar-refractivity contribution >= 4 is 5.78 Å². The number of ketones is 1. The van der Waals surface area contributed by atoms with Crippen molar-refractivity contribution in [3.05, 3.63) is 29.6 Å². The highest BCUT2D eigenvalue weighted by Crippen LogP contribution is 2.36.